The maximum atomic E-state index is 11.6. The normalized spacial score (nSPS) is 15.5. The molecule has 0 saturated carbocycles. The molecule has 0 spiro atoms. The Kier molecular flexibility index (Phi) is 5.28. The molecule has 1 aliphatic rings. The summed E-state index contributed by atoms with van der Waals surface area (Å²) < 4.78 is 0. The second kappa shape index (κ2) is 7.60. The Hall–Kier alpha value is -2.17. The minimum absolute atomic E-state index is 0.194. The van der Waals surface area contributed by atoms with Crippen LogP contribution in [0.3, 0.4) is 0 Å². The molecule has 4 nitrogen and oxygen atoms in total. The van der Waals surface area contributed by atoms with Gasteiger partial charge in [-0.1, -0.05) is 36.4 Å². The van der Waals surface area contributed by atoms with Gasteiger partial charge in [-0.25, -0.2) is 0 Å². The second-order valence-corrected chi connectivity index (χ2v) is 6.23. The van der Waals surface area contributed by atoms with Crippen molar-refractivity contribution in [1.82, 2.24) is 4.90 Å². The van der Waals surface area contributed by atoms with Crippen LogP contribution in [0.4, 0.5) is 5.69 Å². The molecule has 1 N–H and O–H groups in total. The van der Waals surface area contributed by atoms with Crippen molar-refractivity contribution in [1.29, 1.82) is 0 Å². The molecule has 0 atom stereocenters. The minimum Gasteiger partial charge on any atom is -0.395 e. The number of rotatable bonds is 5. The average molecular weight is 324 g/mol. The molecule has 0 radical (unpaired) electrons. The van der Waals surface area contributed by atoms with Crippen LogP contribution < -0.4 is 4.90 Å². The molecule has 126 valence electrons. The van der Waals surface area contributed by atoms with Crippen molar-refractivity contribution in [2.24, 2.45) is 0 Å². The van der Waals surface area contributed by atoms with E-state index in [9.17, 15) is 4.79 Å². The van der Waals surface area contributed by atoms with E-state index in [0.29, 0.717) is 6.54 Å². The van der Waals surface area contributed by atoms with Crippen LogP contribution in [0, 0.1) is 6.92 Å². The van der Waals surface area contributed by atoms with Crippen LogP contribution in [-0.4, -0.2) is 55.6 Å². The Bertz CT molecular complexity index is 707. The lowest BCUT2D eigenvalue weighted by atomic mass is 9.95. The Morgan fingerprint density at radius 2 is 1.71 bits per heavy atom. The Morgan fingerprint density at radius 1 is 1.00 bits per heavy atom. The lowest BCUT2D eigenvalue weighted by Gasteiger charge is -2.37. The number of aryl methyl sites for hydroxylation is 1. The number of benzene rings is 2. The van der Waals surface area contributed by atoms with E-state index in [1.54, 1.807) is 0 Å². The van der Waals surface area contributed by atoms with Crippen molar-refractivity contribution >= 4 is 12.0 Å². The SMILES string of the molecule is Cc1ccccc1-c1cccc(C=O)c1N1CCN(CCO)CC1. The van der Waals surface area contributed by atoms with Gasteiger partial charge in [0, 0.05) is 43.9 Å². The van der Waals surface area contributed by atoms with Gasteiger partial charge in [-0.3, -0.25) is 9.69 Å². The number of hydrogen-bond acceptors (Lipinski definition) is 4. The molecule has 0 amide bonds. The molecule has 4 heteroatoms. The van der Waals surface area contributed by atoms with Gasteiger partial charge in [-0.2, -0.15) is 0 Å². The van der Waals surface area contributed by atoms with Crippen LogP contribution in [0.5, 0.6) is 0 Å². The van der Waals surface area contributed by atoms with E-state index in [0.717, 1.165) is 49.3 Å². The van der Waals surface area contributed by atoms with Crippen molar-refractivity contribution in [2.45, 2.75) is 6.92 Å². The fourth-order valence-corrected chi connectivity index (χ4v) is 3.44. The number of β-amino-alcohol motifs (C(OH)–C–C–N with tert-alkyl or cyclic N) is 1. The molecule has 3 rings (SSSR count). The molecule has 0 bridgehead atoms. The van der Waals surface area contributed by atoms with Crippen molar-refractivity contribution in [3.8, 4) is 11.1 Å². The minimum atomic E-state index is 0.194. The van der Waals surface area contributed by atoms with Crippen LogP contribution >= 0.6 is 0 Å². The maximum absolute atomic E-state index is 11.6. The summed E-state index contributed by atoms with van der Waals surface area (Å²) in [6, 6.07) is 14.2. The van der Waals surface area contributed by atoms with Gasteiger partial charge in [0.05, 0.1) is 12.3 Å². The first-order chi connectivity index (χ1) is 11.7. The predicted molar refractivity (Wildman–Crippen MR) is 97.7 cm³/mol. The molecule has 1 fully saturated rings. The lowest BCUT2D eigenvalue weighted by molar-refractivity contribution is 0.112. The molecular weight excluding hydrogens is 300 g/mol. The van der Waals surface area contributed by atoms with Crippen LogP contribution in [0.25, 0.3) is 11.1 Å². The van der Waals surface area contributed by atoms with Crippen LogP contribution in [0.2, 0.25) is 0 Å². The fourth-order valence-electron chi connectivity index (χ4n) is 3.44. The third-order valence-electron chi connectivity index (χ3n) is 4.73. The number of anilines is 1. The number of aliphatic hydroxyl groups excluding tert-OH is 1. The predicted octanol–water partition coefficient (Wildman–Crippen LogP) is 2.59. The lowest BCUT2D eigenvalue weighted by Crippen LogP contribution is -2.47. The van der Waals surface area contributed by atoms with Crippen molar-refractivity contribution in [3.05, 3.63) is 53.6 Å². The van der Waals surface area contributed by atoms with Gasteiger partial charge < -0.3 is 10.0 Å². The van der Waals surface area contributed by atoms with E-state index in [-0.39, 0.29) is 6.61 Å². The topological polar surface area (TPSA) is 43.8 Å². The van der Waals surface area contributed by atoms with Gasteiger partial charge in [-0.15, -0.1) is 0 Å². The summed E-state index contributed by atoms with van der Waals surface area (Å²) in [4.78, 5) is 16.2. The third kappa shape index (κ3) is 3.35. The number of carbonyl (C=O) groups is 1. The summed E-state index contributed by atoms with van der Waals surface area (Å²) in [5.74, 6) is 0. The maximum Gasteiger partial charge on any atom is 0.152 e. The van der Waals surface area contributed by atoms with Gasteiger partial charge in [0.25, 0.3) is 0 Å². The van der Waals surface area contributed by atoms with Gasteiger partial charge in [0.1, 0.15) is 0 Å². The zero-order valence-electron chi connectivity index (χ0n) is 14.1. The number of aldehydes is 1. The second-order valence-electron chi connectivity index (χ2n) is 6.23. The summed E-state index contributed by atoms with van der Waals surface area (Å²) in [7, 11) is 0. The van der Waals surface area contributed by atoms with E-state index < -0.39 is 0 Å². The van der Waals surface area contributed by atoms with Crippen molar-refractivity contribution in [2.75, 3.05) is 44.2 Å². The first-order valence-electron chi connectivity index (χ1n) is 8.47. The van der Waals surface area contributed by atoms with Crippen LogP contribution in [-0.2, 0) is 0 Å². The molecule has 1 heterocycles. The van der Waals surface area contributed by atoms with E-state index in [1.807, 2.05) is 24.3 Å². The highest BCUT2D eigenvalue weighted by Gasteiger charge is 2.22. The zero-order valence-corrected chi connectivity index (χ0v) is 14.1. The van der Waals surface area contributed by atoms with Crippen molar-refractivity contribution in [3.63, 3.8) is 0 Å². The summed E-state index contributed by atoms with van der Waals surface area (Å²) >= 11 is 0. The molecule has 0 aliphatic carbocycles. The summed E-state index contributed by atoms with van der Waals surface area (Å²) in [6.45, 7) is 6.55. The molecule has 2 aromatic carbocycles. The molecule has 2 aromatic rings. The molecule has 0 unspecified atom stereocenters. The standard InChI is InChI=1S/C20H24N2O2/c1-16-5-2-3-7-18(16)19-8-4-6-17(15-24)20(19)22-11-9-21(10-12-22)13-14-23/h2-8,15,23H,9-14H2,1H3. The smallest absolute Gasteiger partial charge is 0.152 e. The Morgan fingerprint density at radius 3 is 2.38 bits per heavy atom. The number of para-hydroxylation sites is 1. The summed E-state index contributed by atoms with van der Waals surface area (Å²) in [5, 5.41) is 9.11. The zero-order chi connectivity index (χ0) is 16.9. The first-order valence-corrected chi connectivity index (χ1v) is 8.47. The monoisotopic (exact) mass is 324 g/mol. The largest absolute Gasteiger partial charge is 0.395 e. The average Bonchev–Trinajstić information content (AvgIpc) is 2.62. The quantitative estimate of drug-likeness (QED) is 0.859. The van der Waals surface area contributed by atoms with Gasteiger partial charge in [0.2, 0.25) is 0 Å². The highest BCUT2D eigenvalue weighted by molar-refractivity contribution is 5.93. The van der Waals surface area contributed by atoms with Crippen LogP contribution in [0.1, 0.15) is 15.9 Å². The molecule has 1 aliphatic heterocycles. The highest BCUT2D eigenvalue weighted by Crippen LogP contribution is 2.35. The Labute approximate surface area is 143 Å². The van der Waals surface area contributed by atoms with Gasteiger partial charge in [-0.05, 0) is 24.1 Å². The Balaban J connectivity index is 1.98. The number of aliphatic hydroxyl groups is 1. The highest BCUT2D eigenvalue weighted by atomic mass is 16.3. The third-order valence-corrected chi connectivity index (χ3v) is 4.73. The van der Waals surface area contributed by atoms with E-state index >= 15 is 0 Å². The van der Waals surface area contributed by atoms with Gasteiger partial charge >= 0.3 is 0 Å². The number of hydrogen-bond donors (Lipinski definition) is 1. The van der Waals surface area contributed by atoms with E-state index in [4.69, 9.17) is 5.11 Å². The van der Waals surface area contributed by atoms with E-state index in [2.05, 4.69) is 34.9 Å². The summed E-state index contributed by atoms with van der Waals surface area (Å²) in [5.41, 5.74) is 5.28. The molecular formula is C20H24N2O2. The number of carbonyl (C=O) groups excluding carboxylic acids is 1. The summed E-state index contributed by atoms with van der Waals surface area (Å²) in [6.07, 6.45) is 0.956. The van der Waals surface area contributed by atoms with Gasteiger partial charge in [0.15, 0.2) is 6.29 Å². The number of nitrogens with zero attached hydrogens (tertiary/aromatic N) is 2. The fraction of sp³-hybridized carbons (Fsp3) is 0.350. The first kappa shape index (κ1) is 16.7. The molecule has 24 heavy (non-hydrogen) atoms. The van der Waals surface area contributed by atoms with Crippen molar-refractivity contribution < 1.29 is 9.90 Å². The van der Waals surface area contributed by atoms with E-state index in [1.165, 1.54) is 11.1 Å². The molecule has 0 aromatic heterocycles. The number of piperazine rings is 1. The molecule has 1 saturated heterocycles. The van der Waals surface area contributed by atoms with Crippen LogP contribution in [0.15, 0.2) is 42.5 Å².